The van der Waals surface area contributed by atoms with Gasteiger partial charge in [0, 0.05) is 45.2 Å². The third-order valence-electron chi connectivity index (χ3n) is 4.73. The van der Waals surface area contributed by atoms with Crippen molar-refractivity contribution in [3.8, 4) is 0 Å². The van der Waals surface area contributed by atoms with Gasteiger partial charge in [-0.1, -0.05) is 0 Å². The Morgan fingerprint density at radius 3 is 2.44 bits per heavy atom. The highest BCUT2D eigenvalue weighted by Crippen LogP contribution is 2.32. The minimum Gasteiger partial charge on any atom is -0.353 e. The van der Waals surface area contributed by atoms with Crippen LogP contribution >= 0.6 is 0 Å². The molecule has 0 atom stereocenters. The van der Waals surface area contributed by atoms with Gasteiger partial charge in [0.05, 0.1) is 17.0 Å². The number of hydrogen-bond donors (Lipinski definition) is 1. The zero-order valence-corrected chi connectivity index (χ0v) is 15.2. The second-order valence-electron chi connectivity index (χ2n) is 6.81. The van der Waals surface area contributed by atoms with Crippen LogP contribution in [0.4, 0.5) is 0 Å². The molecule has 1 N–H and O–H groups in total. The van der Waals surface area contributed by atoms with E-state index in [4.69, 9.17) is 0 Å². The molecule has 0 radical (unpaired) electrons. The van der Waals surface area contributed by atoms with E-state index in [9.17, 15) is 18.0 Å². The van der Waals surface area contributed by atoms with Crippen molar-refractivity contribution in [2.75, 3.05) is 13.1 Å². The van der Waals surface area contributed by atoms with E-state index in [1.165, 1.54) is 6.20 Å². The number of piperidine rings is 1. The Kier molecular flexibility index (Phi) is 5.24. The number of carbonyl (C=O) groups excluding carboxylic acids is 2. The molecular weight excluding hydrogens is 344 g/mol. The van der Waals surface area contributed by atoms with E-state index in [1.807, 2.05) is 0 Å². The van der Waals surface area contributed by atoms with Gasteiger partial charge in [-0.2, -0.15) is 5.10 Å². The Bertz CT molecular complexity index is 746. The topological polar surface area (TPSA) is 101 Å². The average Bonchev–Trinajstić information content (AvgIpc) is 3.36. The number of hydrogen-bond acceptors (Lipinski definition) is 5. The Labute approximate surface area is 147 Å². The molecule has 2 fully saturated rings. The van der Waals surface area contributed by atoms with E-state index in [0.29, 0.717) is 31.5 Å². The molecule has 2 heterocycles. The summed E-state index contributed by atoms with van der Waals surface area (Å²) in [4.78, 5) is 24.0. The molecule has 1 amide bonds. The number of ketones is 1. The molecule has 2 aliphatic rings. The van der Waals surface area contributed by atoms with E-state index in [0.717, 1.165) is 12.8 Å². The molecule has 0 aromatic carbocycles. The number of carbonyl (C=O) groups is 2. The van der Waals surface area contributed by atoms with Crippen LogP contribution in [-0.4, -0.2) is 58.6 Å². The first kappa shape index (κ1) is 18.1. The van der Waals surface area contributed by atoms with E-state index >= 15 is 0 Å². The number of Topliss-reactive ketones (excluding diaryl/α,β-unsaturated/α-hetero) is 1. The Morgan fingerprint density at radius 1 is 1.20 bits per heavy atom. The van der Waals surface area contributed by atoms with Crippen LogP contribution in [-0.2, 0) is 21.9 Å². The molecule has 1 saturated carbocycles. The van der Waals surface area contributed by atoms with Crippen LogP contribution in [0.25, 0.3) is 0 Å². The lowest BCUT2D eigenvalue weighted by atomic mass is 10.1. The molecule has 1 aliphatic heterocycles. The Morgan fingerprint density at radius 2 is 1.88 bits per heavy atom. The third kappa shape index (κ3) is 4.46. The van der Waals surface area contributed by atoms with E-state index < -0.39 is 10.0 Å². The summed E-state index contributed by atoms with van der Waals surface area (Å²) >= 11 is 0. The normalized spacial score (nSPS) is 19.7. The quantitative estimate of drug-likeness (QED) is 0.705. The smallest absolute Gasteiger partial charge is 0.220 e. The molecular formula is C16H24N4O4S. The highest BCUT2D eigenvalue weighted by atomic mass is 32.2. The highest BCUT2D eigenvalue weighted by molar-refractivity contribution is 7.90. The molecule has 138 valence electrons. The van der Waals surface area contributed by atoms with E-state index in [-0.39, 0.29) is 35.8 Å². The predicted octanol–water partition coefficient (Wildman–Crippen LogP) is 0.456. The summed E-state index contributed by atoms with van der Waals surface area (Å²) in [5.41, 5.74) is 0.508. The van der Waals surface area contributed by atoms with Gasteiger partial charge >= 0.3 is 0 Å². The largest absolute Gasteiger partial charge is 0.353 e. The number of rotatable bonds is 7. The fraction of sp³-hybridized carbons (Fsp3) is 0.688. The molecule has 0 unspecified atom stereocenters. The zero-order valence-electron chi connectivity index (χ0n) is 14.3. The van der Waals surface area contributed by atoms with Gasteiger partial charge < -0.3 is 5.32 Å². The average molecular weight is 368 g/mol. The summed E-state index contributed by atoms with van der Waals surface area (Å²) in [7, 11) is -1.39. The summed E-state index contributed by atoms with van der Waals surface area (Å²) in [6.07, 6.45) is 6.18. The van der Waals surface area contributed by atoms with Crippen molar-refractivity contribution in [1.82, 2.24) is 19.4 Å². The SMILES string of the molecule is Cn1cc(C(=O)CCC(=O)NC2CCN(S(=O)(=O)C3CC3)CC2)cn1. The number of amides is 1. The van der Waals surface area contributed by atoms with Crippen molar-refractivity contribution in [2.24, 2.45) is 7.05 Å². The fourth-order valence-corrected chi connectivity index (χ4v) is 4.94. The van der Waals surface area contributed by atoms with Crippen LogP contribution in [0.15, 0.2) is 12.4 Å². The Hall–Kier alpha value is -1.74. The zero-order chi connectivity index (χ0) is 18.0. The fourth-order valence-electron chi connectivity index (χ4n) is 3.07. The van der Waals surface area contributed by atoms with Gasteiger partial charge in [-0.15, -0.1) is 0 Å². The molecule has 8 nitrogen and oxygen atoms in total. The minimum absolute atomic E-state index is 0.0216. The van der Waals surface area contributed by atoms with Crippen molar-refractivity contribution in [3.05, 3.63) is 18.0 Å². The summed E-state index contributed by atoms with van der Waals surface area (Å²) in [6, 6.07) is -0.0216. The molecule has 1 aromatic heterocycles. The number of sulfonamides is 1. The molecule has 1 saturated heterocycles. The number of aryl methyl sites for hydroxylation is 1. The summed E-state index contributed by atoms with van der Waals surface area (Å²) in [6.45, 7) is 0.913. The molecule has 0 bridgehead atoms. The Balaban J connectivity index is 1.40. The molecule has 0 spiro atoms. The lowest BCUT2D eigenvalue weighted by Gasteiger charge is -2.31. The second kappa shape index (κ2) is 7.25. The first-order valence-electron chi connectivity index (χ1n) is 8.66. The maximum Gasteiger partial charge on any atom is 0.220 e. The summed E-state index contributed by atoms with van der Waals surface area (Å²) in [5, 5.41) is 6.67. The van der Waals surface area contributed by atoms with Crippen molar-refractivity contribution < 1.29 is 18.0 Å². The lowest BCUT2D eigenvalue weighted by molar-refractivity contribution is -0.122. The number of aromatic nitrogens is 2. The maximum absolute atomic E-state index is 12.2. The van der Waals surface area contributed by atoms with Gasteiger partial charge in [0.1, 0.15) is 0 Å². The van der Waals surface area contributed by atoms with E-state index in [2.05, 4.69) is 10.4 Å². The van der Waals surface area contributed by atoms with Gasteiger partial charge in [0.2, 0.25) is 15.9 Å². The van der Waals surface area contributed by atoms with E-state index in [1.54, 1.807) is 22.2 Å². The maximum atomic E-state index is 12.2. The van der Waals surface area contributed by atoms with Crippen molar-refractivity contribution >= 4 is 21.7 Å². The lowest BCUT2D eigenvalue weighted by Crippen LogP contribution is -2.47. The first-order chi connectivity index (χ1) is 11.9. The second-order valence-corrected chi connectivity index (χ2v) is 9.02. The molecule has 25 heavy (non-hydrogen) atoms. The van der Waals surface area contributed by atoms with Gasteiger partial charge in [0.25, 0.3) is 0 Å². The van der Waals surface area contributed by atoms with Gasteiger partial charge in [-0.3, -0.25) is 14.3 Å². The van der Waals surface area contributed by atoms with Crippen LogP contribution in [0.1, 0.15) is 48.9 Å². The third-order valence-corrected chi connectivity index (χ3v) is 7.13. The monoisotopic (exact) mass is 368 g/mol. The predicted molar refractivity (Wildman–Crippen MR) is 91.5 cm³/mol. The molecule has 1 aliphatic carbocycles. The van der Waals surface area contributed by atoms with Gasteiger partial charge in [-0.05, 0) is 25.7 Å². The van der Waals surface area contributed by atoms with Crippen LogP contribution in [0, 0.1) is 0 Å². The van der Waals surface area contributed by atoms with Crippen molar-refractivity contribution in [3.63, 3.8) is 0 Å². The number of nitrogens with one attached hydrogen (secondary N) is 1. The van der Waals surface area contributed by atoms with Crippen LogP contribution in [0.2, 0.25) is 0 Å². The first-order valence-corrected chi connectivity index (χ1v) is 10.2. The molecule has 1 aromatic rings. The summed E-state index contributed by atoms with van der Waals surface area (Å²) < 4.78 is 27.5. The summed E-state index contributed by atoms with van der Waals surface area (Å²) in [5.74, 6) is -0.269. The van der Waals surface area contributed by atoms with Gasteiger partial charge in [0.15, 0.2) is 5.78 Å². The minimum atomic E-state index is -3.12. The highest BCUT2D eigenvalue weighted by Gasteiger charge is 2.41. The van der Waals surface area contributed by atoms with Crippen LogP contribution in [0.3, 0.4) is 0 Å². The standard InChI is InChI=1S/C16H24N4O4S/c1-19-11-12(10-17-19)15(21)4-5-16(22)18-13-6-8-20(9-7-13)25(23,24)14-2-3-14/h10-11,13-14H,2-9H2,1H3,(H,18,22). The van der Waals surface area contributed by atoms with Crippen molar-refractivity contribution in [1.29, 1.82) is 0 Å². The van der Waals surface area contributed by atoms with Crippen LogP contribution in [0.5, 0.6) is 0 Å². The number of nitrogens with zero attached hydrogens (tertiary/aromatic N) is 3. The molecule has 3 rings (SSSR count). The molecule has 9 heteroatoms. The van der Waals surface area contributed by atoms with Crippen LogP contribution < -0.4 is 5.32 Å². The van der Waals surface area contributed by atoms with Crippen molar-refractivity contribution in [2.45, 2.75) is 49.8 Å². The van der Waals surface area contributed by atoms with Gasteiger partial charge in [-0.25, -0.2) is 12.7 Å².